The van der Waals surface area contributed by atoms with Crippen LogP contribution in [0.5, 0.6) is 11.5 Å². The molecule has 7 heteroatoms. The number of nitrogens with zero attached hydrogens (tertiary/aromatic N) is 2. The summed E-state index contributed by atoms with van der Waals surface area (Å²) < 4.78 is 10.6. The monoisotopic (exact) mass is 434 g/mol. The van der Waals surface area contributed by atoms with E-state index in [0.29, 0.717) is 25.9 Å². The van der Waals surface area contributed by atoms with Crippen LogP contribution in [-0.4, -0.2) is 54.2 Å². The maximum absolute atomic E-state index is 13.2. The zero-order chi connectivity index (χ0) is 22.9. The maximum Gasteiger partial charge on any atom is 0.335 e. The normalized spacial score (nSPS) is 10.4. The molecule has 166 valence electrons. The lowest BCUT2D eigenvalue weighted by molar-refractivity contribution is 0.0696. The molecule has 0 spiro atoms. The van der Waals surface area contributed by atoms with Crippen molar-refractivity contribution in [1.82, 2.24) is 9.88 Å². The van der Waals surface area contributed by atoms with Crippen molar-refractivity contribution in [3.8, 4) is 11.5 Å². The van der Waals surface area contributed by atoms with Crippen molar-refractivity contribution in [2.75, 3.05) is 27.3 Å². The average Bonchev–Trinajstić information content (AvgIpc) is 2.84. The van der Waals surface area contributed by atoms with E-state index >= 15 is 0 Å². The second kappa shape index (κ2) is 10.9. The summed E-state index contributed by atoms with van der Waals surface area (Å²) in [6.07, 6.45) is 2.60. The van der Waals surface area contributed by atoms with Crippen LogP contribution in [0.15, 0.2) is 66.9 Å². The lowest BCUT2D eigenvalue weighted by Crippen LogP contribution is -2.35. The van der Waals surface area contributed by atoms with Gasteiger partial charge >= 0.3 is 5.97 Å². The van der Waals surface area contributed by atoms with Gasteiger partial charge in [0.05, 0.1) is 19.8 Å². The van der Waals surface area contributed by atoms with E-state index in [4.69, 9.17) is 9.47 Å². The molecule has 2 aromatic carbocycles. The van der Waals surface area contributed by atoms with Gasteiger partial charge in [0.1, 0.15) is 17.2 Å². The standard InChI is InChI=1S/C25H26N2O5/c1-31-21-7-3-5-18(15-21)10-13-27(14-11-19-6-4-8-22(16-19)32-2)24(28)23-17-20(25(29)30)9-12-26-23/h3-9,12,15-17H,10-11,13-14H2,1-2H3,(H,29,30). The molecule has 1 heterocycles. The maximum atomic E-state index is 13.2. The Bertz CT molecular complexity index is 1030. The van der Waals surface area contributed by atoms with Crippen LogP contribution in [0.2, 0.25) is 0 Å². The summed E-state index contributed by atoms with van der Waals surface area (Å²) in [5, 5.41) is 9.26. The highest BCUT2D eigenvalue weighted by Gasteiger charge is 2.19. The van der Waals surface area contributed by atoms with Crippen LogP contribution in [0.1, 0.15) is 32.0 Å². The molecule has 0 fully saturated rings. The molecule has 0 saturated carbocycles. The predicted molar refractivity (Wildman–Crippen MR) is 120 cm³/mol. The number of hydrogen-bond donors (Lipinski definition) is 1. The van der Waals surface area contributed by atoms with Gasteiger partial charge in [-0.3, -0.25) is 9.78 Å². The Hall–Kier alpha value is -3.87. The highest BCUT2D eigenvalue weighted by Crippen LogP contribution is 2.16. The molecule has 3 aromatic rings. The molecule has 0 radical (unpaired) electrons. The third-order valence-electron chi connectivity index (χ3n) is 5.12. The molecule has 3 rings (SSSR count). The average molecular weight is 434 g/mol. The van der Waals surface area contributed by atoms with Crippen molar-refractivity contribution in [2.45, 2.75) is 12.8 Å². The fraction of sp³-hybridized carbons (Fsp3) is 0.240. The highest BCUT2D eigenvalue weighted by molar-refractivity contribution is 5.95. The molecule has 0 bridgehead atoms. The van der Waals surface area contributed by atoms with E-state index in [9.17, 15) is 14.7 Å². The van der Waals surface area contributed by atoms with Crippen molar-refractivity contribution in [3.63, 3.8) is 0 Å². The molecule has 0 unspecified atom stereocenters. The smallest absolute Gasteiger partial charge is 0.335 e. The molecular weight excluding hydrogens is 408 g/mol. The van der Waals surface area contributed by atoms with E-state index in [1.54, 1.807) is 19.1 Å². The lowest BCUT2D eigenvalue weighted by atomic mass is 10.1. The van der Waals surface area contributed by atoms with E-state index in [2.05, 4.69) is 4.98 Å². The van der Waals surface area contributed by atoms with Gasteiger partial charge in [-0.25, -0.2) is 4.79 Å². The predicted octanol–water partition coefficient (Wildman–Crippen LogP) is 3.72. The van der Waals surface area contributed by atoms with Gasteiger partial charge in [0, 0.05) is 19.3 Å². The van der Waals surface area contributed by atoms with Gasteiger partial charge in [-0.05, 0) is 60.4 Å². The van der Waals surface area contributed by atoms with Gasteiger partial charge in [0.2, 0.25) is 0 Å². The second-order valence-electron chi connectivity index (χ2n) is 7.23. The van der Waals surface area contributed by atoms with Crippen LogP contribution in [0.25, 0.3) is 0 Å². The number of hydrogen-bond acceptors (Lipinski definition) is 5. The Kier molecular flexibility index (Phi) is 7.80. The molecule has 1 amide bonds. The number of carbonyl (C=O) groups is 2. The zero-order valence-electron chi connectivity index (χ0n) is 18.2. The number of carboxylic acid groups (broad SMARTS) is 1. The van der Waals surface area contributed by atoms with E-state index in [0.717, 1.165) is 22.6 Å². The fourth-order valence-electron chi connectivity index (χ4n) is 3.34. The molecule has 0 aliphatic rings. The Morgan fingerprint density at radius 2 is 1.44 bits per heavy atom. The third-order valence-corrected chi connectivity index (χ3v) is 5.12. The Morgan fingerprint density at radius 1 is 0.875 bits per heavy atom. The summed E-state index contributed by atoms with van der Waals surface area (Å²) in [5.41, 5.74) is 2.22. The number of ether oxygens (including phenoxy) is 2. The number of amides is 1. The van der Waals surface area contributed by atoms with Crippen LogP contribution >= 0.6 is 0 Å². The summed E-state index contributed by atoms with van der Waals surface area (Å²) in [6, 6.07) is 18.1. The van der Waals surface area contributed by atoms with Crippen LogP contribution in [0.4, 0.5) is 0 Å². The van der Waals surface area contributed by atoms with E-state index in [-0.39, 0.29) is 17.2 Å². The van der Waals surface area contributed by atoms with E-state index in [1.165, 1.54) is 18.3 Å². The fourth-order valence-corrected chi connectivity index (χ4v) is 3.34. The Balaban J connectivity index is 1.79. The summed E-state index contributed by atoms with van der Waals surface area (Å²) in [4.78, 5) is 30.4. The number of carboxylic acids is 1. The number of benzene rings is 2. The molecule has 0 aliphatic carbocycles. The summed E-state index contributed by atoms with van der Waals surface area (Å²) in [6.45, 7) is 0.907. The van der Waals surface area contributed by atoms with Crippen molar-refractivity contribution in [1.29, 1.82) is 0 Å². The molecule has 0 aliphatic heterocycles. The van der Waals surface area contributed by atoms with Crippen LogP contribution in [0.3, 0.4) is 0 Å². The largest absolute Gasteiger partial charge is 0.497 e. The number of pyridine rings is 1. The van der Waals surface area contributed by atoms with Gasteiger partial charge in [-0.2, -0.15) is 0 Å². The Labute approximate surface area is 187 Å². The number of aromatic carboxylic acids is 1. The third kappa shape index (κ3) is 6.07. The molecule has 32 heavy (non-hydrogen) atoms. The van der Waals surface area contributed by atoms with Gasteiger partial charge in [0.15, 0.2) is 0 Å². The number of methoxy groups -OCH3 is 2. The van der Waals surface area contributed by atoms with Gasteiger partial charge in [0.25, 0.3) is 5.91 Å². The topological polar surface area (TPSA) is 89.0 Å². The number of aromatic nitrogens is 1. The quantitative estimate of drug-likeness (QED) is 0.523. The van der Waals surface area contributed by atoms with Gasteiger partial charge < -0.3 is 19.5 Å². The summed E-state index contributed by atoms with van der Waals surface area (Å²) >= 11 is 0. The van der Waals surface area contributed by atoms with Crippen LogP contribution < -0.4 is 9.47 Å². The minimum atomic E-state index is -1.10. The van der Waals surface area contributed by atoms with E-state index in [1.807, 2.05) is 48.5 Å². The molecule has 0 saturated heterocycles. The lowest BCUT2D eigenvalue weighted by Gasteiger charge is -2.23. The highest BCUT2D eigenvalue weighted by atomic mass is 16.5. The van der Waals surface area contributed by atoms with Gasteiger partial charge in [-0.15, -0.1) is 0 Å². The SMILES string of the molecule is COc1cccc(CCN(CCc2cccc(OC)c2)C(=O)c2cc(C(=O)O)ccn2)c1. The molecule has 1 aromatic heterocycles. The van der Waals surface area contributed by atoms with Crippen molar-refractivity contribution < 1.29 is 24.2 Å². The minimum Gasteiger partial charge on any atom is -0.497 e. The molecule has 1 N–H and O–H groups in total. The van der Waals surface area contributed by atoms with E-state index < -0.39 is 5.97 Å². The Morgan fingerprint density at radius 3 is 1.94 bits per heavy atom. The first kappa shape index (κ1) is 22.8. The number of rotatable bonds is 10. The number of carbonyl (C=O) groups excluding carboxylic acids is 1. The summed E-state index contributed by atoms with van der Waals surface area (Å²) in [5.74, 6) is 0.111. The molecular formula is C25H26N2O5. The first-order valence-electron chi connectivity index (χ1n) is 10.2. The second-order valence-corrected chi connectivity index (χ2v) is 7.23. The van der Waals surface area contributed by atoms with Crippen molar-refractivity contribution in [3.05, 3.63) is 89.2 Å². The van der Waals surface area contributed by atoms with Gasteiger partial charge in [-0.1, -0.05) is 24.3 Å². The first-order valence-corrected chi connectivity index (χ1v) is 10.2. The molecule has 0 atom stereocenters. The zero-order valence-corrected chi connectivity index (χ0v) is 18.2. The summed E-state index contributed by atoms with van der Waals surface area (Å²) in [7, 11) is 3.23. The van der Waals surface area contributed by atoms with Crippen molar-refractivity contribution >= 4 is 11.9 Å². The molecule has 7 nitrogen and oxygen atoms in total. The van der Waals surface area contributed by atoms with Crippen molar-refractivity contribution in [2.24, 2.45) is 0 Å². The first-order chi connectivity index (χ1) is 15.5. The van der Waals surface area contributed by atoms with Crippen LogP contribution in [-0.2, 0) is 12.8 Å². The minimum absolute atomic E-state index is 0.0314. The van der Waals surface area contributed by atoms with Crippen LogP contribution in [0, 0.1) is 0 Å².